The average Bonchev–Trinajstić information content (AvgIpc) is 2.96. The van der Waals surface area contributed by atoms with Crippen LogP contribution in [-0.2, 0) is 0 Å². The second kappa shape index (κ2) is 7.44. The maximum absolute atomic E-state index is 11.2. The van der Waals surface area contributed by atoms with Gasteiger partial charge in [-0.25, -0.2) is 9.78 Å². The molecule has 3 rings (SSSR count). The highest BCUT2D eigenvalue weighted by Gasteiger charge is 2.27. The molecule has 1 saturated heterocycles. The standard InChI is InChI=1S/C19H28N4O2/c1-4-10-22-11-8-14(9-12-22)18-21-17-15(23(18)13(2)3)6-5-7-16(17)25-19(20)24/h5-7,13-14H,4,8-12H2,1-3H3,(H2,20,24). The van der Waals surface area contributed by atoms with Crippen molar-refractivity contribution in [3.05, 3.63) is 24.0 Å². The van der Waals surface area contributed by atoms with Crippen LogP contribution in [0, 0.1) is 0 Å². The Morgan fingerprint density at radius 2 is 2.08 bits per heavy atom. The largest absolute Gasteiger partial charge is 0.410 e. The molecule has 0 atom stereocenters. The molecule has 0 saturated carbocycles. The topological polar surface area (TPSA) is 73.4 Å². The van der Waals surface area contributed by atoms with E-state index in [0.29, 0.717) is 11.7 Å². The van der Waals surface area contributed by atoms with E-state index >= 15 is 0 Å². The molecule has 1 aromatic carbocycles. The van der Waals surface area contributed by atoms with Crippen LogP contribution in [-0.4, -0.2) is 40.2 Å². The van der Waals surface area contributed by atoms with Crippen molar-refractivity contribution in [3.8, 4) is 5.75 Å². The lowest BCUT2D eigenvalue weighted by atomic mass is 9.95. The maximum Gasteiger partial charge on any atom is 0.410 e. The van der Waals surface area contributed by atoms with Gasteiger partial charge in [0.1, 0.15) is 11.3 Å². The van der Waals surface area contributed by atoms with Crippen molar-refractivity contribution in [2.24, 2.45) is 5.73 Å². The third kappa shape index (κ3) is 3.63. The molecule has 25 heavy (non-hydrogen) atoms. The van der Waals surface area contributed by atoms with Crippen LogP contribution in [0.25, 0.3) is 11.0 Å². The van der Waals surface area contributed by atoms with E-state index < -0.39 is 6.09 Å². The lowest BCUT2D eigenvalue weighted by Gasteiger charge is -2.32. The van der Waals surface area contributed by atoms with Crippen molar-refractivity contribution in [1.29, 1.82) is 0 Å². The zero-order valence-electron chi connectivity index (χ0n) is 15.4. The van der Waals surface area contributed by atoms with E-state index in [0.717, 1.165) is 42.8 Å². The molecule has 0 bridgehead atoms. The van der Waals surface area contributed by atoms with E-state index in [4.69, 9.17) is 15.5 Å². The molecule has 2 N–H and O–H groups in total. The molecule has 2 aromatic rings. The summed E-state index contributed by atoms with van der Waals surface area (Å²) in [5, 5.41) is 0. The van der Waals surface area contributed by atoms with Crippen LogP contribution in [0.5, 0.6) is 5.75 Å². The van der Waals surface area contributed by atoms with Crippen molar-refractivity contribution in [3.63, 3.8) is 0 Å². The van der Waals surface area contributed by atoms with Crippen molar-refractivity contribution >= 4 is 17.1 Å². The predicted octanol–water partition coefficient (Wildman–Crippen LogP) is 3.66. The average molecular weight is 344 g/mol. The summed E-state index contributed by atoms with van der Waals surface area (Å²) in [6.45, 7) is 9.96. The van der Waals surface area contributed by atoms with Crippen molar-refractivity contribution in [2.45, 2.75) is 52.0 Å². The molecule has 136 valence electrons. The summed E-state index contributed by atoms with van der Waals surface area (Å²) in [5.41, 5.74) is 6.93. The van der Waals surface area contributed by atoms with Gasteiger partial charge in [0.05, 0.1) is 5.52 Å². The molecule has 0 radical (unpaired) electrons. The Kier molecular flexibility index (Phi) is 5.27. The first-order chi connectivity index (χ1) is 12.0. The summed E-state index contributed by atoms with van der Waals surface area (Å²) in [6.07, 6.45) is 2.62. The number of aromatic nitrogens is 2. The first-order valence-electron chi connectivity index (χ1n) is 9.21. The van der Waals surface area contributed by atoms with E-state index in [1.54, 1.807) is 6.07 Å². The number of rotatable bonds is 5. The third-order valence-electron chi connectivity index (χ3n) is 4.93. The Labute approximate surface area is 149 Å². The molecule has 0 unspecified atom stereocenters. The monoisotopic (exact) mass is 344 g/mol. The Morgan fingerprint density at radius 3 is 2.68 bits per heavy atom. The van der Waals surface area contributed by atoms with Crippen LogP contribution in [0.3, 0.4) is 0 Å². The number of likely N-dealkylation sites (tertiary alicyclic amines) is 1. The van der Waals surface area contributed by atoms with Gasteiger partial charge in [-0.3, -0.25) is 0 Å². The number of nitrogens with two attached hydrogens (primary N) is 1. The number of benzene rings is 1. The number of carbonyl (C=O) groups excluding carboxylic acids is 1. The fourth-order valence-corrected chi connectivity index (χ4v) is 3.86. The molecule has 1 aromatic heterocycles. The highest BCUT2D eigenvalue weighted by atomic mass is 16.5. The Morgan fingerprint density at radius 1 is 1.36 bits per heavy atom. The van der Waals surface area contributed by atoms with Gasteiger partial charge in [0.2, 0.25) is 0 Å². The number of amides is 1. The molecule has 1 amide bonds. The molecule has 1 aliphatic heterocycles. The van der Waals surface area contributed by atoms with Crippen LogP contribution in [0.2, 0.25) is 0 Å². The number of nitrogens with zero attached hydrogens (tertiary/aromatic N) is 3. The lowest BCUT2D eigenvalue weighted by Crippen LogP contribution is -2.34. The summed E-state index contributed by atoms with van der Waals surface area (Å²) in [7, 11) is 0. The second-order valence-corrected chi connectivity index (χ2v) is 7.09. The van der Waals surface area contributed by atoms with Crippen LogP contribution in [0.4, 0.5) is 4.79 Å². The maximum atomic E-state index is 11.2. The normalized spacial score (nSPS) is 16.6. The van der Waals surface area contributed by atoms with Gasteiger partial charge in [0, 0.05) is 12.0 Å². The van der Waals surface area contributed by atoms with E-state index in [1.807, 2.05) is 12.1 Å². The Hall–Kier alpha value is -2.08. The molecule has 0 aliphatic carbocycles. The van der Waals surface area contributed by atoms with Crippen molar-refractivity contribution in [1.82, 2.24) is 14.5 Å². The summed E-state index contributed by atoms with van der Waals surface area (Å²) < 4.78 is 7.45. The number of carbonyl (C=O) groups is 1. The van der Waals surface area contributed by atoms with Crippen molar-refractivity contribution < 1.29 is 9.53 Å². The Bertz CT molecular complexity index is 745. The van der Waals surface area contributed by atoms with Gasteiger partial charge in [0.15, 0.2) is 5.75 Å². The first kappa shape index (κ1) is 17.7. The van der Waals surface area contributed by atoms with Gasteiger partial charge in [-0.15, -0.1) is 0 Å². The minimum atomic E-state index is -0.805. The molecule has 1 fully saturated rings. The third-order valence-corrected chi connectivity index (χ3v) is 4.93. The number of hydrogen-bond acceptors (Lipinski definition) is 4. The number of fused-ring (bicyclic) bond motifs is 1. The van der Waals surface area contributed by atoms with Gasteiger partial charge in [0.25, 0.3) is 0 Å². The smallest absolute Gasteiger partial charge is 0.408 e. The Balaban J connectivity index is 1.97. The van der Waals surface area contributed by atoms with Gasteiger partial charge in [-0.1, -0.05) is 13.0 Å². The quantitative estimate of drug-likeness (QED) is 0.898. The minimum Gasteiger partial charge on any atom is -0.408 e. The van der Waals surface area contributed by atoms with E-state index in [2.05, 4.69) is 30.2 Å². The molecule has 1 aliphatic rings. The van der Waals surface area contributed by atoms with E-state index in [1.165, 1.54) is 13.0 Å². The number of primary amides is 1. The zero-order chi connectivity index (χ0) is 18.0. The minimum absolute atomic E-state index is 0.289. The molecular weight excluding hydrogens is 316 g/mol. The van der Waals surface area contributed by atoms with E-state index in [9.17, 15) is 4.79 Å². The van der Waals surface area contributed by atoms with Gasteiger partial charge >= 0.3 is 6.09 Å². The molecule has 6 nitrogen and oxygen atoms in total. The van der Waals surface area contributed by atoms with Crippen molar-refractivity contribution in [2.75, 3.05) is 19.6 Å². The summed E-state index contributed by atoms with van der Waals surface area (Å²) >= 11 is 0. The van der Waals surface area contributed by atoms with Crippen LogP contribution < -0.4 is 10.5 Å². The number of imidazole rings is 1. The summed E-state index contributed by atoms with van der Waals surface area (Å²) in [6, 6.07) is 5.96. The number of para-hydroxylation sites is 1. The molecule has 0 spiro atoms. The summed E-state index contributed by atoms with van der Waals surface area (Å²) in [5.74, 6) is 1.97. The zero-order valence-corrected chi connectivity index (χ0v) is 15.4. The summed E-state index contributed by atoms with van der Waals surface area (Å²) in [4.78, 5) is 18.6. The van der Waals surface area contributed by atoms with Crippen LogP contribution in [0.1, 0.15) is 57.8 Å². The number of hydrogen-bond donors (Lipinski definition) is 1. The number of ether oxygens (including phenoxy) is 1. The van der Waals surface area contributed by atoms with Gasteiger partial charge < -0.3 is 19.9 Å². The van der Waals surface area contributed by atoms with Gasteiger partial charge in [-0.05, 0) is 64.9 Å². The second-order valence-electron chi connectivity index (χ2n) is 7.09. The molecular formula is C19H28N4O2. The van der Waals surface area contributed by atoms with E-state index in [-0.39, 0.29) is 6.04 Å². The highest BCUT2D eigenvalue weighted by molar-refractivity contribution is 5.85. The van der Waals surface area contributed by atoms with Gasteiger partial charge in [-0.2, -0.15) is 0 Å². The predicted molar refractivity (Wildman–Crippen MR) is 99.0 cm³/mol. The van der Waals surface area contributed by atoms with Crippen LogP contribution in [0.15, 0.2) is 18.2 Å². The SMILES string of the molecule is CCCN1CCC(c2nc3c(OC(N)=O)cccc3n2C(C)C)CC1. The molecule has 6 heteroatoms. The highest BCUT2D eigenvalue weighted by Crippen LogP contribution is 2.35. The van der Waals surface area contributed by atoms with Crippen LogP contribution >= 0.6 is 0 Å². The fraction of sp³-hybridized carbons (Fsp3) is 0.579. The fourth-order valence-electron chi connectivity index (χ4n) is 3.86. The first-order valence-corrected chi connectivity index (χ1v) is 9.21. The molecule has 2 heterocycles. The lowest BCUT2D eigenvalue weighted by molar-refractivity contribution is 0.207. The number of piperidine rings is 1.